The minimum Gasteiger partial charge on any atom is -0.497 e. The van der Waals surface area contributed by atoms with Gasteiger partial charge in [-0.2, -0.15) is 0 Å². The molecule has 0 aliphatic rings. The Labute approximate surface area is 169 Å². The Morgan fingerprint density at radius 2 is 1.86 bits per heavy atom. The summed E-state index contributed by atoms with van der Waals surface area (Å²) in [6.07, 6.45) is 0.937. The number of methoxy groups -OCH3 is 2. The number of hydrogen-bond donors (Lipinski definition) is 2. The third kappa shape index (κ3) is 3.76. The average Bonchev–Trinajstić information content (AvgIpc) is 2.98. The summed E-state index contributed by atoms with van der Waals surface area (Å²) in [4.78, 5) is 24.8. The van der Waals surface area contributed by atoms with Crippen molar-refractivity contribution >= 4 is 28.4 Å². The molecule has 1 heterocycles. The second-order valence-electron chi connectivity index (χ2n) is 6.73. The van der Waals surface area contributed by atoms with E-state index in [-0.39, 0.29) is 11.5 Å². The summed E-state index contributed by atoms with van der Waals surface area (Å²) < 4.78 is 12.8. The van der Waals surface area contributed by atoms with E-state index in [1.54, 1.807) is 19.2 Å². The molecule has 0 bridgehead atoms. The van der Waals surface area contributed by atoms with Crippen LogP contribution in [0.25, 0.3) is 10.9 Å². The van der Waals surface area contributed by atoms with Gasteiger partial charge in [-0.1, -0.05) is 6.92 Å². The molecule has 0 radical (unpaired) electrons. The van der Waals surface area contributed by atoms with Crippen molar-refractivity contribution < 1.29 is 19.1 Å². The molecule has 7 heteroatoms. The van der Waals surface area contributed by atoms with Crippen LogP contribution in [0.2, 0.25) is 0 Å². The summed E-state index contributed by atoms with van der Waals surface area (Å²) in [5.41, 5.74) is 8.42. The molecule has 0 aliphatic heterocycles. The van der Waals surface area contributed by atoms with E-state index in [0.29, 0.717) is 22.7 Å². The highest BCUT2D eigenvalue weighted by molar-refractivity contribution is 6.15. The standard InChI is InChI=1S/C22H25N3O4/c1-5-10-25-13(2)20(16-12-15(28-3)7-8-18(16)25)22(27)24-17-11-14(21(23)26)6-9-19(17)29-4/h6-9,11-12H,5,10H2,1-4H3,(H2,23,26)(H,24,27). The highest BCUT2D eigenvalue weighted by Crippen LogP contribution is 2.32. The fraction of sp³-hybridized carbons (Fsp3) is 0.273. The van der Waals surface area contributed by atoms with E-state index < -0.39 is 5.91 Å². The van der Waals surface area contributed by atoms with Crippen molar-refractivity contribution in [1.82, 2.24) is 4.57 Å². The summed E-state index contributed by atoms with van der Waals surface area (Å²) >= 11 is 0. The van der Waals surface area contributed by atoms with Gasteiger partial charge < -0.3 is 25.1 Å². The number of fused-ring (bicyclic) bond motifs is 1. The zero-order valence-electron chi connectivity index (χ0n) is 17.0. The molecule has 3 aromatic rings. The predicted octanol–water partition coefficient (Wildman–Crippen LogP) is 3.73. The second kappa shape index (κ2) is 8.26. The topological polar surface area (TPSA) is 95.6 Å². The molecule has 7 nitrogen and oxygen atoms in total. The molecule has 3 rings (SSSR count). The number of benzene rings is 2. The maximum absolute atomic E-state index is 13.3. The zero-order chi connectivity index (χ0) is 21.1. The van der Waals surface area contributed by atoms with Crippen LogP contribution >= 0.6 is 0 Å². The van der Waals surface area contributed by atoms with Gasteiger partial charge in [0.2, 0.25) is 5.91 Å². The van der Waals surface area contributed by atoms with Crippen molar-refractivity contribution in [2.45, 2.75) is 26.8 Å². The number of nitrogens with two attached hydrogens (primary N) is 1. The largest absolute Gasteiger partial charge is 0.497 e. The van der Waals surface area contributed by atoms with E-state index in [2.05, 4.69) is 16.8 Å². The number of aryl methyl sites for hydroxylation is 1. The lowest BCUT2D eigenvalue weighted by molar-refractivity contribution is 0.0996. The molecule has 0 aliphatic carbocycles. The molecule has 152 valence electrons. The average molecular weight is 395 g/mol. The number of nitrogens with one attached hydrogen (secondary N) is 1. The zero-order valence-corrected chi connectivity index (χ0v) is 17.0. The normalized spacial score (nSPS) is 10.8. The van der Waals surface area contributed by atoms with Crippen LogP contribution in [0.3, 0.4) is 0 Å². The summed E-state index contributed by atoms with van der Waals surface area (Å²) in [6, 6.07) is 10.4. The van der Waals surface area contributed by atoms with Gasteiger partial charge in [0.25, 0.3) is 5.91 Å². The van der Waals surface area contributed by atoms with Gasteiger partial charge in [0, 0.05) is 28.7 Å². The first-order chi connectivity index (χ1) is 13.9. The molecule has 0 fully saturated rings. The fourth-order valence-corrected chi connectivity index (χ4v) is 3.53. The molecule has 1 aromatic heterocycles. The summed E-state index contributed by atoms with van der Waals surface area (Å²) in [5.74, 6) is 0.239. The van der Waals surface area contributed by atoms with Crippen molar-refractivity contribution in [3.8, 4) is 11.5 Å². The number of anilines is 1. The summed E-state index contributed by atoms with van der Waals surface area (Å²) in [6.45, 7) is 4.81. The number of nitrogens with zero attached hydrogens (tertiary/aromatic N) is 1. The van der Waals surface area contributed by atoms with Crippen LogP contribution < -0.4 is 20.5 Å². The van der Waals surface area contributed by atoms with E-state index in [1.807, 2.05) is 25.1 Å². The Balaban J connectivity index is 2.11. The SMILES string of the molecule is CCCn1c(C)c(C(=O)Nc2cc(C(N)=O)ccc2OC)c2cc(OC)ccc21. The lowest BCUT2D eigenvalue weighted by Gasteiger charge is -2.12. The van der Waals surface area contributed by atoms with Crippen molar-refractivity contribution in [1.29, 1.82) is 0 Å². The first-order valence-corrected chi connectivity index (χ1v) is 9.37. The van der Waals surface area contributed by atoms with Gasteiger partial charge in [-0.25, -0.2) is 0 Å². The summed E-state index contributed by atoms with van der Waals surface area (Å²) in [5, 5.41) is 3.68. The Morgan fingerprint density at radius 1 is 1.10 bits per heavy atom. The molecule has 2 amide bonds. The Bertz CT molecular complexity index is 1090. The maximum Gasteiger partial charge on any atom is 0.258 e. The monoisotopic (exact) mass is 395 g/mol. The van der Waals surface area contributed by atoms with Crippen LogP contribution in [0.1, 0.15) is 39.8 Å². The van der Waals surface area contributed by atoms with Gasteiger partial charge in [0.15, 0.2) is 0 Å². The number of amides is 2. The fourth-order valence-electron chi connectivity index (χ4n) is 3.53. The van der Waals surface area contributed by atoms with Gasteiger partial charge in [0.1, 0.15) is 11.5 Å². The highest BCUT2D eigenvalue weighted by atomic mass is 16.5. The molecular weight excluding hydrogens is 370 g/mol. The number of carbonyl (C=O) groups excluding carboxylic acids is 2. The molecule has 3 N–H and O–H groups in total. The van der Waals surface area contributed by atoms with Crippen molar-refractivity contribution in [2.24, 2.45) is 5.73 Å². The lowest BCUT2D eigenvalue weighted by Crippen LogP contribution is -2.16. The maximum atomic E-state index is 13.3. The van der Waals surface area contributed by atoms with Gasteiger partial charge in [0.05, 0.1) is 25.5 Å². The van der Waals surface area contributed by atoms with Crippen molar-refractivity contribution in [3.05, 3.63) is 53.2 Å². The number of aromatic nitrogens is 1. The van der Waals surface area contributed by atoms with Gasteiger partial charge >= 0.3 is 0 Å². The number of carbonyl (C=O) groups is 2. The Kier molecular flexibility index (Phi) is 5.77. The van der Waals surface area contributed by atoms with Crippen LogP contribution in [0.4, 0.5) is 5.69 Å². The van der Waals surface area contributed by atoms with Crippen LogP contribution in [0.15, 0.2) is 36.4 Å². The molecule has 0 atom stereocenters. The number of hydrogen-bond acceptors (Lipinski definition) is 4. The third-order valence-corrected chi connectivity index (χ3v) is 4.94. The minimum atomic E-state index is -0.580. The summed E-state index contributed by atoms with van der Waals surface area (Å²) in [7, 11) is 3.09. The Morgan fingerprint density at radius 3 is 2.48 bits per heavy atom. The first kappa shape index (κ1) is 20.3. The van der Waals surface area contributed by atoms with Crippen LogP contribution in [0, 0.1) is 6.92 Å². The molecule has 0 spiro atoms. The van der Waals surface area contributed by atoms with Crippen molar-refractivity contribution in [2.75, 3.05) is 19.5 Å². The second-order valence-corrected chi connectivity index (χ2v) is 6.73. The molecule has 2 aromatic carbocycles. The van der Waals surface area contributed by atoms with E-state index in [4.69, 9.17) is 15.2 Å². The highest BCUT2D eigenvalue weighted by Gasteiger charge is 2.22. The van der Waals surface area contributed by atoms with Crippen LogP contribution in [-0.4, -0.2) is 30.6 Å². The number of ether oxygens (including phenoxy) is 2. The predicted molar refractivity (Wildman–Crippen MR) is 113 cm³/mol. The van der Waals surface area contributed by atoms with E-state index in [9.17, 15) is 9.59 Å². The molecule has 29 heavy (non-hydrogen) atoms. The molecule has 0 saturated carbocycles. The smallest absolute Gasteiger partial charge is 0.258 e. The van der Waals surface area contributed by atoms with Gasteiger partial charge in [-0.15, -0.1) is 0 Å². The van der Waals surface area contributed by atoms with E-state index in [0.717, 1.165) is 29.6 Å². The first-order valence-electron chi connectivity index (χ1n) is 9.37. The molecular formula is C22H25N3O4. The number of rotatable bonds is 7. The van der Waals surface area contributed by atoms with E-state index >= 15 is 0 Å². The Hall–Kier alpha value is -3.48. The van der Waals surface area contributed by atoms with Crippen LogP contribution in [0.5, 0.6) is 11.5 Å². The number of primary amides is 1. The molecule has 0 unspecified atom stereocenters. The minimum absolute atomic E-state index is 0.285. The quantitative estimate of drug-likeness (QED) is 0.637. The lowest BCUT2D eigenvalue weighted by atomic mass is 10.1. The van der Waals surface area contributed by atoms with E-state index in [1.165, 1.54) is 13.2 Å². The third-order valence-electron chi connectivity index (χ3n) is 4.94. The van der Waals surface area contributed by atoms with Gasteiger partial charge in [-0.3, -0.25) is 9.59 Å². The van der Waals surface area contributed by atoms with Crippen molar-refractivity contribution in [3.63, 3.8) is 0 Å². The molecule has 0 saturated heterocycles. The van der Waals surface area contributed by atoms with Crippen LogP contribution in [-0.2, 0) is 6.54 Å². The van der Waals surface area contributed by atoms with Gasteiger partial charge in [-0.05, 0) is 49.7 Å².